The molecule has 0 fully saturated rings. The van der Waals surface area contributed by atoms with Gasteiger partial charge in [0.2, 0.25) is 0 Å². The first kappa shape index (κ1) is 20.8. The molecule has 1 aromatic heterocycles. The van der Waals surface area contributed by atoms with Crippen LogP contribution >= 0.6 is 0 Å². The quantitative estimate of drug-likeness (QED) is 0.293. The lowest BCUT2D eigenvalue weighted by Gasteiger charge is -2.12. The van der Waals surface area contributed by atoms with E-state index in [1.807, 2.05) is 48.5 Å². The predicted molar refractivity (Wildman–Crippen MR) is 138 cm³/mol. The maximum atomic E-state index is 13.7. The number of para-hydroxylation sites is 1. The normalized spacial score (nSPS) is 11.1. The molecule has 2 N–H and O–H groups in total. The summed E-state index contributed by atoms with van der Waals surface area (Å²) in [5, 5.41) is 5.47. The summed E-state index contributed by atoms with van der Waals surface area (Å²) in [5.41, 5.74) is 6.39. The molecule has 3 nitrogen and oxygen atoms in total. The first-order chi connectivity index (χ1) is 16.1. The van der Waals surface area contributed by atoms with Crippen LogP contribution in [0.15, 0.2) is 103 Å². The second-order valence-corrected chi connectivity index (χ2v) is 8.57. The third-order valence-electron chi connectivity index (χ3n) is 5.97. The lowest BCUT2D eigenvalue weighted by atomic mass is 9.93. The van der Waals surface area contributed by atoms with E-state index in [0.717, 1.165) is 33.8 Å². The molecule has 0 spiro atoms. The number of aromatic nitrogens is 1. The van der Waals surface area contributed by atoms with Gasteiger partial charge in [-0.15, -0.1) is 0 Å². The van der Waals surface area contributed by atoms with Crippen LogP contribution in [0.2, 0.25) is 0 Å². The van der Waals surface area contributed by atoms with Crippen molar-refractivity contribution >= 4 is 22.4 Å². The molecule has 0 unspecified atom stereocenters. The Morgan fingerprint density at radius 3 is 2.06 bits per heavy atom. The number of carbonyl (C=O) groups excluding carboxylic acids is 1. The number of carbonyl (C=O) groups is 1. The van der Waals surface area contributed by atoms with E-state index in [1.165, 1.54) is 10.8 Å². The van der Waals surface area contributed by atoms with Gasteiger partial charge < -0.3 is 10.3 Å². The van der Waals surface area contributed by atoms with Crippen molar-refractivity contribution in [3.8, 4) is 22.4 Å². The van der Waals surface area contributed by atoms with Crippen LogP contribution in [-0.2, 0) is 0 Å². The molecule has 0 atom stereocenters. The highest BCUT2D eigenvalue weighted by molar-refractivity contribution is 6.12. The number of amides is 1. The lowest BCUT2D eigenvalue weighted by molar-refractivity contribution is 0.102. The maximum Gasteiger partial charge on any atom is 0.258 e. The largest absolute Gasteiger partial charge is 0.357 e. The first-order valence-corrected chi connectivity index (χ1v) is 11.3. The van der Waals surface area contributed by atoms with Crippen molar-refractivity contribution in [1.29, 1.82) is 0 Å². The molecule has 33 heavy (non-hydrogen) atoms. The highest BCUT2D eigenvalue weighted by Gasteiger charge is 2.26. The number of benzene rings is 4. The molecule has 0 bridgehead atoms. The number of hydrogen-bond donors (Lipinski definition) is 2. The topological polar surface area (TPSA) is 44.9 Å². The van der Waals surface area contributed by atoms with Gasteiger partial charge in [0.25, 0.3) is 5.91 Å². The summed E-state index contributed by atoms with van der Waals surface area (Å²) in [4.78, 5) is 17.3. The number of hydrogen-bond acceptors (Lipinski definition) is 1. The Kier molecular flexibility index (Phi) is 5.54. The second-order valence-electron chi connectivity index (χ2n) is 8.57. The van der Waals surface area contributed by atoms with Crippen molar-refractivity contribution in [3.05, 3.63) is 114 Å². The molecule has 162 valence electrons. The fraction of sp³-hybridized carbons (Fsp3) is 0.100. The van der Waals surface area contributed by atoms with Gasteiger partial charge in [-0.25, -0.2) is 0 Å². The van der Waals surface area contributed by atoms with Gasteiger partial charge in [0.05, 0.1) is 11.3 Å². The number of fused-ring (bicyclic) bond motifs is 1. The summed E-state index contributed by atoms with van der Waals surface area (Å²) in [6.07, 6.45) is 0. The zero-order chi connectivity index (χ0) is 22.8. The van der Waals surface area contributed by atoms with E-state index in [4.69, 9.17) is 0 Å². The Morgan fingerprint density at radius 2 is 1.36 bits per heavy atom. The van der Waals surface area contributed by atoms with E-state index in [-0.39, 0.29) is 11.8 Å². The Bertz CT molecular complexity index is 1420. The molecular weight excluding hydrogens is 404 g/mol. The molecule has 1 heterocycles. The monoisotopic (exact) mass is 430 g/mol. The van der Waals surface area contributed by atoms with Crippen molar-refractivity contribution in [2.24, 2.45) is 0 Å². The smallest absolute Gasteiger partial charge is 0.258 e. The molecule has 0 saturated heterocycles. The summed E-state index contributed by atoms with van der Waals surface area (Å²) < 4.78 is 0. The molecule has 0 aliphatic heterocycles. The molecule has 1 amide bonds. The van der Waals surface area contributed by atoms with Crippen LogP contribution < -0.4 is 5.32 Å². The number of H-pyrrole nitrogens is 1. The summed E-state index contributed by atoms with van der Waals surface area (Å²) >= 11 is 0. The number of aromatic amines is 1. The van der Waals surface area contributed by atoms with E-state index in [9.17, 15) is 4.79 Å². The lowest BCUT2D eigenvalue weighted by Crippen LogP contribution is -2.14. The van der Waals surface area contributed by atoms with Gasteiger partial charge in [-0.2, -0.15) is 0 Å². The highest BCUT2D eigenvalue weighted by atomic mass is 16.1. The summed E-state index contributed by atoms with van der Waals surface area (Å²) in [7, 11) is 0. The van der Waals surface area contributed by atoms with Crippen molar-refractivity contribution in [1.82, 2.24) is 4.98 Å². The van der Waals surface area contributed by atoms with Crippen molar-refractivity contribution in [2.75, 3.05) is 5.32 Å². The van der Waals surface area contributed by atoms with Gasteiger partial charge in [0.1, 0.15) is 0 Å². The summed E-state index contributed by atoms with van der Waals surface area (Å²) in [5.74, 6) is 0.0465. The Morgan fingerprint density at radius 1 is 0.727 bits per heavy atom. The van der Waals surface area contributed by atoms with E-state index in [1.54, 1.807) is 0 Å². The van der Waals surface area contributed by atoms with E-state index < -0.39 is 0 Å². The molecule has 0 aliphatic carbocycles. The number of rotatable bonds is 5. The molecule has 5 aromatic rings. The minimum atomic E-state index is -0.105. The third kappa shape index (κ3) is 4.06. The average Bonchev–Trinajstić information content (AvgIpc) is 3.26. The standard InChI is InChI=1S/C30H26N2O/c1-20(2)28-27(30(33)31-25-15-7-4-8-16-25)26(22-12-5-3-6-13-22)29(32-28)24-18-17-21-11-9-10-14-23(21)19-24/h3-20,32H,1-2H3,(H,31,33). The third-order valence-corrected chi connectivity index (χ3v) is 5.97. The first-order valence-electron chi connectivity index (χ1n) is 11.3. The SMILES string of the molecule is CC(C)c1[nH]c(-c2ccc3ccccc3c2)c(-c2ccccc2)c1C(=O)Nc1ccccc1. The molecule has 5 rings (SSSR count). The van der Waals surface area contributed by atoms with Crippen LogP contribution in [0.4, 0.5) is 5.69 Å². The van der Waals surface area contributed by atoms with Gasteiger partial charge >= 0.3 is 0 Å². The van der Waals surface area contributed by atoms with E-state index in [2.05, 4.69) is 78.7 Å². The van der Waals surface area contributed by atoms with Crippen LogP contribution in [0.5, 0.6) is 0 Å². The number of anilines is 1. The van der Waals surface area contributed by atoms with Crippen LogP contribution in [0.1, 0.15) is 35.8 Å². The van der Waals surface area contributed by atoms with Crippen molar-refractivity contribution in [2.45, 2.75) is 19.8 Å². The number of nitrogens with one attached hydrogen (secondary N) is 2. The van der Waals surface area contributed by atoms with Gasteiger partial charge in [-0.05, 0) is 46.0 Å². The Hall–Kier alpha value is -4.11. The molecule has 4 aromatic carbocycles. The van der Waals surface area contributed by atoms with Gasteiger partial charge in [-0.1, -0.05) is 98.8 Å². The maximum absolute atomic E-state index is 13.7. The summed E-state index contributed by atoms with van der Waals surface area (Å²) in [6.45, 7) is 4.23. The molecular formula is C30H26N2O. The van der Waals surface area contributed by atoms with Crippen LogP contribution in [-0.4, -0.2) is 10.9 Å². The summed E-state index contributed by atoms with van der Waals surface area (Å²) in [6, 6.07) is 34.6. The zero-order valence-corrected chi connectivity index (χ0v) is 18.8. The predicted octanol–water partition coefficient (Wildman–Crippen LogP) is 7.88. The minimum Gasteiger partial charge on any atom is -0.357 e. The van der Waals surface area contributed by atoms with Crippen molar-refractivity contribution < 1.29 is 4.79 Å². The Labute approximate surface area is 194 Å². The van der Waals surface area contributed by atoms with E-state index in [0.29, 0.717) is 5.56 Å². The van der Waals surface area contributed by atoms with E-state index >= 15 is 0 Å². The van der Waals surface area contributed by atoms with Crippen LogP contribution in [0, 0.1) is 0 Å². The highest BCUT2D eigenvalue weighted by Crippen LogP contribution is 2.40. The van der Waals surface area contributed by atoms with Gasteiger partial charge in [-0.3, -0.25) is 4.79 Å². The van der Waals surface area contributed by atoms with Crippen LogP contribution in [0.25, 0.3) is 33.2 Å². The fourth-order valence-corrected chi connectivity index (χ4v) is 4.36. The second kappa shape index (κ2) is 8.79. The molecule has 0 radical (unpaired) electrons. The van der Waals surface area contributed by atoms with Gasteiger partial charge in [0, 0.05) is 16.9 Å². The van der Waals surface area contributed by atoms with Gasteiger partial charge in [0.15, 0.2) is 0 Å². The molecule has 0 saturated carbocycles. The molecule has 0 aliphatic rings. The fourth-order valence-electron chi connectivity index (χ4n) is 4.36. The molecule has 3 heteroatoms. The average molecular weight is 431 g/mol. The minimum absolute atomic E-state index is 0.105. The Balaban J connectivity index is 1.73. The van der Waals surface area contributed by atoms with Crippen molar-refractivity contribution in [3.63, 3.8) is 0 Å². The van der Waals surface area contributed by atoms with Crippen LogP contribution in [0.3, 0.4) is 0 Å². The zero-order valence-electron chi connectivity index (χ0n) is 18.8.